The van der Waals surface area contributed by atoms with Crippen LogP contribution in [-0.2, 0) is 9.47 Å². The summed E-state index contributed by atoms with van der Waals surface area (Å²) in [5.41, 5.74) is 11.4. The maximum Gasteiger partial charge on any atom is 0.115 e. The summed E-state index contributed by atoms with van der Waals surface area (Å²) in [5, 5.41) is 14.3. The van der Waals surface area contributed by atoms with Gasteiger partial charge in [0, 0.05) is 70.8 Å². The van der Waals surface area contributed by atoms with Gasteiger partial charge in [-0.25, -0.2) is 9.97 Å². The number of nitrogens with one attached hydrogen (secondary N) is 1. The molecule has 0 radical (unpaired) electrons. The predicted octanol–water partition coefficient (Wildman–Crippen LogP) is 9.29. The average molecular weight is 904 g/mol. The van der Waals surface area contributed by atoms with Crippen LogP contribution in [0.4, 0.5) is 11.4 Å². The number of nitrogens with zero attached hydrogens (tertiary/aromatic N) is 10. The molecule has 0 bridgehead atoms. The van der Waals surface area contributed by atoms with E-state index in [0.29, 0.717) is 23.3 Å². The molecule has 0 saturated carbocycles. The fraction of sp³-hybridized carbons (Fsp3) is 0.227. The first-order chi connectivity index (χ1) is 29.3. The first-order valence-electron chi connectivity index (χ1n) is 19.6. The van der Waals surface area contributed by atoms with Gasteiger partial charge in [-0.3, -0.25) is 19.1 Å². The fourth-order valence-corrected chi connectivity index (χ4v) is 9.27. The number of fused-ring (bicyclic) bond motifs is 4. The Labute approximate surface area is 363 Å². The molecule has 0 spiro atoms. The van der Waals surface area contributed by atoms with Crippen molar-refractivity contribution in [2.45, 2.75) is 13.8 Å². The van der Waals surface area contributed by atoms with Crippen LogP contribution in [0.15, 0.2) is 95.9 Å². The third-order valence-corrected chi connectivity index (χ3v) is 12.3. The van der Waals surface area contributed by atoms with Gasteiger partial charge in [0.2, 0.25) is 0 Å². The summed E-state index contributed by atoms with van der Waals surface area (Å²) in [5.74, 6) is 1.79. The van der Waals surface area contributed by atoms with Crippen molar-refractivity contribution in [3.8, 4) is 22.6 Å². The van der Waals surface area contributed by atoms with Crippen LogP contribution in [0.25, 0.3) is 66.5 Å². The summed E-state index contributed by atoms with van der Waals surface area (Å²) in [6.07, 6.45) is 5.32. The van der Waals surface area contributed by atoms with Crippen LogP contribution in [0, 0.1) is 13.8 Å². The number of benzene rings is 4. The van der Waals surface area contributed by atoms with E-state index in [1.165, 1.54) is 5.69 Å². The van der Waals surface area contributed by atoms with E-state index >= 15 is 0 Å². The van der Waals surface area contributed by atoms with E-state index in [4.69, 9.17) is 42.6 Å². The Morgan fingerprint density at radius 1 is 0.633 bits per heavy atom. The Kier molecular flexibility index (Phi) is 10.3. The highest BCUT2D eigenvalue weighted by molar-refractivity contribution is 9.10. The van der Waals surface area contributed by atoms with Gasteiger partial charge in [0.1, 0.15) is 22.9 Å². The Hall–Kier alpha value is -5.64. The molecule has 13 nitrogen and oxygen atoms in total. The van der Waals surface area contributed by atoms with E-state index in [0.717, 1.165) is 128 Å². The number of aryl methyl sites for hydroxylation is 2. The number of H-pyrrole nitrogens is 1. The fourth-order valence-electron chi connectivity index (χ4n) is 8.30. The van der Waals surface area contributed by atoms with E-state index in [1.54, 1.807) is 18.6 Å². The highest BCUT2D eigenvalue weighted by Crippen LogP contribution is 2.38. The minimum absolute atomic E-state index is 0.628. The standard InChI is InChI=1S/C23H20ClN7O.C21H18BrClN4O/c1-14-27-23-17(19-13-26-29-28-19)11-15(30-7-9-32-10-8-30)12-21(23)31(14)20-5-6-25-22-16(20)3-2-4-18(22)24;1-13-25-21-16(22)11-14(26-7-9-28-10-8-26)12-19(21)27(13)18-5-6-24-20-15(18)3-2-4-17(20)23/h2-6,11-13H,7-10H2,1H3,(H,26,28,29);2-6,11-12H,7-10H2,1H3. The third kappa shape index (κ3) is 6.91. The lowest BCUT2D eigenvalue weighted by molar-refractivity contribution is 0.122. The molecule has 9 aromatic rings. The minimum Gasteiger partial charge on any atom is -0.378 e. The van der Waals surface area contributed by atoms with Gasteiger partial charge in [-0.2, -0.15) is 15.4 Å². The largest absolute Gasteiger partial charge is 0.378 e. The average Bonchev–Trinajstić information content (AvgIpc) is 4.02. The molecule has 302 valence electrons. The monoisotopic (exact) mass is 901 g/mol. The molecule has 0 aliphatic carbocycles. The summed E-state index contributed by atoms with van der Waals surface area (Å²) in [6, 6.07) is 24.4. The molecule has 0 unspecified atom stereocenters. The predicted molar refractivity (Wildman–Crippen MR) is 241 cm³/mol. The second kappa shape index (κ2) is 16.1. The molecule has 2 saturated heterocycles. The van der Waals surface area contributed by atoms with Gasteiger partial charge in [-0.05, 0) is 78.3 Å². The minimum atomic E-state index is 0.628. The number of aromatic nitrogens is 9. The number of ether oxygens (including phenoxy) is 2. The highest BCUT2D eigenvalue weighted by atomic mass is 79.9. The second-order valence-electron chi connectivity index (χ2n) is 14.6. The van der Waals surface area contributed by atoms with Crippen LogP contribution in [0.3, 0.4) is 0 Å². The molecule has 5 aromatic heterocycles. The van der Waals surface area contributed by atoms with Crippen LogP contribution in [-0.4, -0.2) is 97.1 Å². The smallest absolute Gasteiger partial charge is 0.115 e. The highest BCUT2D eigenvalue weighted by Gasteiger charge is 2.22. The van der Waals surface area contributed by atoms with Crippen molar-refractivity contribution < 1.29 is 9.47 Å². The molecule has 4 aromatic carbocycles. The first kappa shape index (κ1) is 38.6. The van der Waals surface area contributed by atoms with Crippen LogP contribution in [0.1, 0.15) is 11.6 Å². The Morgan fingerprint density at radius 3 is 1.68 bits per heavy atom. The topological polar surface area (TPSA) is 128 Å². The maximum atomic E-state index is 6.44. The number of rotatable bonds is 5. The molecule has 0 atom stereocenters. The number of para-hydroxylation sites is 2. The van der Waals surface area contributed by atoms with Crippen LogP contribution >= 0.6 is 39.1 Å². The number of pyridine rings is 2. The number of halogens is 3. The Bertz CT molecular complexity index is 3050. The molecule has 11 rings (SSSR count). The SMILES string of the molecule is Cc1nc2c(-c3cn[nH]n3)cc(N3CCOCC3)cc2n1-c1ccnc2c(Cl)cccc12.Cc1nc2c(Br)cc(N3CCOCC3)cc2n1-c1ccnc2c(Cl)cccc12. The molecular weight excluding hydrogens is 865 g/mol. The maximum absolute atomic E-state index is 6.44. The zero-order valence-electron chi connectivity index (χ0n) is 32.7. The van der Waals surface area contributed by atoms with E-state index in [1.807, 2.05) is 56.3 Å². The van der Waals surface area contributed by atoms with E-state index in [2.05, 4.69) is 90.6 Å². The number of hydrogen-bond donors (Lipinski definition) is 1. The van der Waals surface area contributed by atoms with Gasteiger partial charge in [0.15, 0.2) is 0 Å². The number of aromatic amines is 1. The molecular formula is C44H38BrCl2N11O2. The quantitative estimate of drug-likeness (QED) is 0.179. The Balaban J connectivity index is 0.000000146. The molecule has 2 fully saturated rings. The van der Waals surface area contributed by atoms with Crippen molar-refractivity contribution in [2.24, 2.45) is 0 Å². The molecule has 16 heteroatoms. The lowest BCUT2D eigenvalue weighted by atomic mass is 10.1. The van der Waals surface area contributed by atoms with Crippen LogP contribution in [0.2, 0.25) is 10.0 Å². The number of anilines is 2. The Morgan fingerprint density at radius 2 is 1.15 bits per heavy atom. The van der Waals surface area contributed by atoms with Gasteiger partial charge in [-0.1, -0.05) is 47.5 Å². The lowest BCUT2D eigenvalue weighted by Crippen LogP contribution is -2.36. The molecule has 2 aliphatic rings. The van der Waals surface area contributed by atoms with Gasteiger partial charge >= 0.3 is 0 Å². The van der Waals surface area contributed by atoms with E-state index in [9.17, 15) is 0 Å². The van der Waals surface area contributed by atoms with Gasteiger partial charge < -0.3 is 19.3 Å². The molecule has 7 heterocycles. The molecule has 1 N–H and O–H groups in total. The van der Waals surface area contributed by atoms with Crippen molar-refractivity contribution in [3.63, 3.8) is 0 Å². The van der Waals surface area contributed by atoms with Crippen molar-refractivity contribution in [1.82, 2.24) is 44.5 Å². The lowest BCUT2D eigenvalue weighted by Gasteiger charge is -2.29. The molecule has 60 heavy (non-hydrogen) atoms. The van der Waals surface area contributed by atoms with Gasteiger partial charge in [0.05, 0.1) is 81.6 Å². The van der Waals surface area contributed by atoms with Crippen molar-refractivity contribution in [3.05, 3.63) is 118 Å². The van der Waals surface area contributed by atoms with Crippen molar-refractivity contribution in [1.29, 1.82) is 0 Å². The second-order valence-corrected chi connectivity index (χ2v) is 16.3. The zero-order valence-corrected chi connectivity index (χ0v) is 35.8. The summed E-state index contributed by atoms with van der Waals surface area (Å²) in [4.78, 5) is 23.4. The summed E-state index contributed by atoms with van der Waals surface area (Å²) in [7, 11) is 0. The van der Waals surface area contributed by atoms with E-state index in [-0.39, 0.29) is 0 Å². The van der Waals surface area contributed by atoms with Crippen molar-refractivity contribution in [2.75, 3.05) is 62.4 Å². The normalized spacial score (nSPS) is 14.7. The number of imidazole rings is 2. The third-order valence-electron chi connectivity index (χ3n) is 11.1. The zero-order chi connectivity index (χ0) is 40.9. The summed E-state index contributed by atoms with van der Waals surface area (Å²) >= 11 is 16.6. The molecule has 2 aliphatic heterocycles. The molecule has 0 amide bonds. The van der Waals surface area contributed by atoms with Crippen molar-refractivity contribution >= 4 is 94.4 Å². The first-order valence-corrected chi connectivity index (χ1v) is 21.2. The van der Waals surface area contributed by atoms with Crippen LogP contribution in [0.5, 0.6) is 0 Å². The summed E-state index contributed by atoms with van der Waals surface area (Å²) in [6.45, 7) is 10.4. The van der Waals surface area contributed by atoms with Gasteiger partial charge in [0.25, 0.3) is 0 Å². The van der Waals surface area contributed by atoms with E-state index < -0.39 is 0 Å². The van der Waals surface area contributed by atoms with Gasteiger partial charge in [-0.15, -0.1) is 0 Å². The van der Waals surface area contributed by atoms with Crippen LogP contribution < -0.4 is 9.80 Å². The summed E-state index contributed by atoms with van der Waals surface area (Å²) < 4.78 is 16.4. The number of hydrogen-bond acceptors (Lipinski definition) is 10. The number of morpholine rings is 2.